The van der Waals surface area contributed by atoms with Crippen LogP contribution in [0.3, 0.4) is 0 Å². The van der Waals surface area contributed by atoms with Crippen LogP contribution >= 0.6 is 23.4 Å². The largest absolute Gasteiger partial charge is 0.370 e. The summed E-state index contributed by atoms with van der Waals surface area (Å²) in [5.74, 6) is 2.50. The van der Waals surface area contributed by atoms with Gasteiger partial charge in [0.25, 0.3) is 5.69 Å². The van der Waals surface area contributed by atoms with E-state index in [0.717, 1.165) is 35.8 Å². The van der Waals surface area contributed by atoms with Gasteiger partial charge in [0.1, 0.15) is 0 Å². The number of nitrogens with zero attached hydrogens (tertiary/aromatic N) is 2. The minimum absolute atomic E-state index is 0.107. The molecule has 1 aliphatic rings. The average Bonchev–Trinajstić information content (AvgIpc) is 2.39. The lowest BCUT2D eigenvalue weighted by Crippen LogP contribution is -2.33. The minimum atomic E-state index is -0.383. The predicted molar refractivity (Wildman–Crippen MR) is 72.2 cm³/mol. The highest BCUT2D eigenvalue weighted by molar-refractivity contribution is 7.99. The van der Waals surface area contributed by atoms with E-state index in [-0.39, 0.29) is 10.6 Å². The van der Waals surface area contributed by atoms with Crippen LogP contribution in [0.15, 0.2) is 18.2 Å². The van der Waals surface area contributed by atoms with Crippen molar-refractivity contribution in [2.45, 2.75) is 5.88 Å². The monoisotopic (exact) mass is 272 g/mol. The molecule has 1 saturated heterocycles. The summed E-state index contributed by atoms with van der Waals surface area (Å²) in [4.78, 5) is 12.6. The number of nitro groups is 1. The fraction of sp³-hybridized carbons (Fsp3) is 0.455. The fourth-order valence-electron chi connectivity index (χ4n) is 1.91. The van der Waals surface area contributed by atoms with Crippen LogP contribution in [0.25, 0.3) is 0 Å². The Morgan fingerprint density at radius 3 is 2.71 bits per heavy atom. The molecule has 0 N–H and O–H groups in total. The van der Waals surface area contributed by atoms with Crippen molar-refractivity contribution in [3.05, 3.63) is 33.9 Å². The van der Waals surface area contributed by atoms with E-state index in [9.17, 15) is 10.1 Å². The number of nitro benzene ring substituents is 1. The van der Waals surface area contributed by atoms with Crippen LogP contribution in [-0.4, -0.2) is 29.5 Å². The van der Waals surface area contributed by atoms with Crippen molar-refractivity contribution in [2.24, 2.45) is 0 Å². The smallest absolute Gasteiger partial charge is 0.269 e. The molecular formula is C11H13ClN2O2S. The zero-order valence-electron chi connectivity index (χ0n) is 9.26. The zero-order valence-corrected chi connectivity index (χ0v) is 10.8. The quantitative estimate of drug-likeness (QED) is 0.482. The second-order valence-corrected chi connectivity index (χ2v) is 5.30. The summed E-state index contributed by atoms with van der Waals surface area (Å²) in [6.07, 6.45) is 0. The van der Waals surface area contributed by atoms with Crippen LogP contribution in [0.5, 0.6) is 0 Å². The van der Waals surface area contributed by atoms with Gasteiger partial charge in [0.2, 0.25) is 0 Å². The molecule has 0 bridgehead atoms. The van der Waals surface area contributed by atoms with Crippen molar-refractivity contribution in [3.8, 4) is 0 Å². The van der Waals surface area contributed by atoms with Gasteiger partial charge in [-0.2, -0.15) is 11.8 Å². The lowest BCUT2D eigenvalue weighted by atomic mass is 10.1. The Bertz CT molecular complexity index is 422. The first-order valence-corrected chi connectivity index (χ1v) is 7.07. The summed E-state index contributed by atoms with van der Waals surface area (Å²) in [6.45, 7) is 1.96. The molecule has 6 heteroatoms. The molecule has 0 amide bonds. The molecule has 0 saturated carbocycles. The van der Waals surface area contributed by atoms with Crippen molar-refractivity contribution < 1.29 is 4.92 Å². The molecule has 1 heterocycles. The summed E-state index contributed by atoms with van der Waals surface area (Å²) < 4.78 is 0. The van der Waals surface area contributed by atoms with Crippen molar-refractivity contribution in [2.75, 3.05) is 29.5 Å². The molecule has 0 aliphatic carbocycles. The Morgan fingerprint density at radius 2 is 2.12 bits per heavy atom. The highest BCUT2D eigenvalue weighted by Gasteiger charge is 2.17. The molecular weight excluding hydrogens is 260 g/mol. The Morgan fingerprint density at radius 1 is 1.41 bits per heavy atom. The Balaban J connectivity index is 2.29. The van der Waals surface area contributed by atoms with Crippen LogP contribution in [-0.2, 0) is 5.88 Å². The van der Waals surface area contributed by atoms with E-state index in [1.54, 1.807) is 12.1 Å². The summed E-state index contributed by atoms with van der Waals surface area (Å²) >= 11 is 7.81. The second-order valence-electron chi connectivity index (χ2n) is 3.80. The Hall–Kier alpha value is -0.940. The number of halogens is 1. The van der Waals surface area contributed by atoms with Crippen LogP contribution in [0, 0.1) is 10.1 Å². The second kappa shape index (κ2) is 5.60. The maximum absolute atomic E-state index is 10.7. The first kappa shape index (κ1) is 12.5. The predicted octanol–water partition coefficient (Wildman–Crippen LogP) is 2.89. The summed E-state index contributed by atoms with van der Waals surface area (Å²) in [5, 5.41) is 10.7. The molecule has 0 unspecified atom stereocenters. The van der Waals surface area contributed by atoms with Gasteiger partial charge in [-0.15, -0.1) is 11.6 Å². The van der Waals surface area contributed by atoms with Gasteiger partial charge in [-0.3, -0.25) is 10.1 Å². The van der Waals surface area contributed by atoms with Gasteiger partial charge in [-0.05, 0) is 11.6 Å². The molecule has 92 valence electrons. The molecule has 2 rings (SSSR count). The maximum Gasteiger partial charge on any atom is 0.269 e. The number of anilines is 1. The van der Waals surface area contributed by atoms with Crippen LogP contribution in [0.4, 0.5) is 11.4 Å². The van der Waals surface area contributed by atoms with E-state index in [0.29, 0.717) is 5.88 Å². The van der Waals surface area contributed by atoms with Gasteiger partial charge in [-0.25, -0.2) is 0 Å². The normalized spacial score (nSPS) is 15.9. The summed E-state index contributed by atoms with van der Waals surface area (Å²) in [5.41, 5.74) is 1.98. The van der Waals surface area contributed by atoms with Gasteiger partial charge < -0.3 is 4.90 Å². The molecule has 1 fully saturated rings. The van der Waals surface area contributed by atoms with E-state index >= 15 is 0 Å². The fourth-order valence-corrected chi connectivity index (χ4v) is 3.02. The third-order valence-corrected chi connectivity index (χ3v) is 4.00. The molecule has 0 radical (unpaired) electrons. The molecule has 1 aromatic rings. The van der Waals surface area contributed by atoms with Crippen LogP contribution in [0.2, 0.25) is 0 Å². The lowest BCUT2D eigenvalue weighted by Gasteiger charge is -2.29. The molecule has 4 nitrogen and oxygen atoms in total. The zero-order chi connectivity index (χ0) is 12.3. The average molecular weight is 273 g/mol. The Kier molecular flexibility index (Phi) is 4.12. The van der Waals surface area contributed by atoms with Crippen LogP contribution in [0.1, 0.15) is 5.56 Å². The standard InChI is InChI=1S/C11H13ClN2O2S/c12-8-9-7-10(14(15)16)1-2-11(9)13-3-5-17-6-4-13/h1-2,7H,3-6,8H2. The first-order chi connectivity index (χ1) is 8.22. The molecule has 17 heavy (non-hydrogen) atoms. The van der Waals surface area contributed by atoms with Crippen LogP contribution < -0.4 is 4.90 Å². The van der Waals surface area contributed by atoms with Crippen molar-refractivity contribution in [3.63, 3.8) is 0 Å². The van der Waals surface area contributed by atoms with E-state index in [2.05, 4.69) is 4.90 Å². The topological polar surface area (TPSA) is 46.4 Å². The maximum atomic E-state index is 10.7. The number of benzene rings is 1. The van der Waals surface area contributed by atoms with Gasteiger partial charge in [0.15, 0.2) is 0 Å². The molecule has 1 aromatic carbocycles. The van der Waals surface area contributed by atoms with Gasteiger partial charge in [0, 0.05) is 48.3 Å². The number of hydrogen-bond donors (Lipinski definition) is 0. The highest BCUT2D eigenvalue weighted by atomic mass is 35.5. The third kappa shape index (κ3) is 2.84. The van der Waals surface area contributed by atoms with E-state index in [1.165, 1.54) is 0 Å². The lowest BCUT2D eigenvalue weighted by molar-refractivity contribution is -0.384. The number of thioether (sulfide) groups is 1. The van der Waals surface area contributed by atoms with Gasteiger partial charge >= 0.3 is 0 Å². The summed E-state index contributed by atoms with van der Waals surface area (Å²) in [6, 6.07) is 4.93. The van der Waals surface area contributed by atoms with Crippen molar-refractivity contribution >= 4 is 34.7 Å². The number of rotatable bonds is 3. The molecule has 0 spiro atoms. The summed E-state index contributed by atoms with van der Waals surface area (Å²) in [7, 11) is 0. The van der Waals surface area contributed by atoms with Gasteiger partial charge in [-0.1, -0.05) is 0 Å². The van der Waals surface area contributed by atoms with Crippen molar-refractivity contribution in [1.82, 2.24) is 0 Å². The molecule has 0 aromatic heterocycles. The SMILES string of the molecule is O=[N+]([O-])c1ccc(N2CCSCC2)c(CCl)c1. The number of alkyl halides is 1. The third-order valence-electron chi connectivity index (χ3n) is 2.77. The van der Waals surface area contributed by atoms with E-state index in [4.69, 9.17) is 11.6 Å². The minimum Gasteiger partial charge on any atom is -0.370 e. The molecule has 0 atom stereocenters. The van der Waals surface area contributed by atoms with E-state index < -0.39 is 0 Å². The Labute approximate surface area is 109 Å². The van der Waals surface area contributed by atoms with Crippen molar-refractivity contribution in [1.29, 1.82) is 0 Å². The van der Waals surface area contributed by atoms with E-state index in [1.807, 2.05) is 17.8 Å². The highest BCUT2D eigenvalue weighted by Crippen LogP contribution is 2.28. The molecule has 1 aliphatic heterocycles. The number of hydrogen-bond acceptors (Lipinski definition) is 4. The number of non-ortho nitro benzene ring substituents is 1. The van der Waals surface area contributed by atoms with Gasteiger partial charge in [0.05, 0.1) is 4.92 Å². The first-order valence-electron chi connectivity index (χ1n) is 5.38.